The molecule has 0 aliphatic carbocycles. The van der Waals surface area contributed by atoms with Crippen LogP contribution in [-0.4, -0.2) is 31.4 Å². The lowest BCUT2D eigenvalue weighted by Crippen LogP contribution is -2.67. The number of nitrogens with zero attached hydrogens (tertiary/aromatic N) is 1. The van der Waals surface area contributed by atoms with Crippen molar-refractivity contribution in [2.75, 3.05) is 6.61 Å². The summed E-state index contributed by atoms with van der Waals surface area (Å²) in [5, 5.41) is 15.0. The molecule has 0 spiro atoms. The van der Waals surface area contributed by atoms with Gasteiger partial charge in [-0.3, -0.25) is 0 Å². The van der Waals surface area contributed by atoms with E-state index < -0.39 is 8.32 Å². The molecule has 1 heterocycles. The van der Waals surface area contributed by atoms with Crippen LogP contribution in [0.3, 0.4) is 0 Å². The van der Waals surface area contributed by atoms with Gasteiger partial charge in [0.25, 0.3) is 8.32 Å². The van der Waals surface area contributed by atoms with E-state index >= 15 is 0 Å². The molecule has 0 amide bonds. The third-order valence-corrected chi connectivity index (χ3v) is 10.7. The van der Waals surface area contributed by atoms with Gasteiger partial charge in [0.2, 0.25) is 0 Å². The summed E-state index contributed by atoms with van der Waals surface area (Å²) in [6.07, 6.45) is 2.87. The van der Waals surface area contributed by atoms with Crippen LogP contribution in [0.4, 0.5) is 0 Å². The Hall–Kier alpha value is -1.91. The predicted octanol–water partition coefficient (Wildman–Crippen LogP) is 4.09. The maximum Gasteiger partial charge on any atom is 0.261 e. The molecule has 2 aromatic carbocycles. The first-order valence-corrected chi connectivity index (χ1v) is 11.8. The van der Waals surface area contributed by atoms with Gasteiger partial charge in [-0.15, -0.1) is 0 Å². The van der Waals surface area contributed by atoms with E-state index in [9.17, 15) is 5.21 Å². The molecule has 0 unspecified atom stereocenters. The summed E-state index contributed by atoms with van der Waals surface area (Å²) in [4.78, 5) is 0. The van der Waals surface area contributed by atoms with E-state index in [-0.39, 0.29) is 11.1 Å². The van der Waals surface area contributed by atoms with Crippen molar-refractivity contribution >= 4 is 24.4 Å². The molecular formula is C23H31NO2Si. The summed E-state index contributed by atoms with van der Waals surface area (Å²) in [6, 6.07) is 21.2. The molecule has 4 heteroatoms. The number of hydroxylamine groups is 1. The summed E-state index contributed by atoms with van der Waals surface area (Å²) in [5.41, 5.74) is 0.928. The number of hydrogen-bond acceptors (Lipinski definition) is 2. The first-order chi connectivity index (χ1) is 12.9. The van der Waals surface area contributed by atoms with Crippen molar-refractivity contribution in [2.45, 2.75) is 58.0 Å². The van der Waals surface area contributed by atoms with E-state index in [1.54, 1.807) is 0 Å². The molecule has 1 aliphatic rings. The van der Waals surface area contributed by atoms with Crippen molar-refractivity contribution in [3.63, 3.8) is 0 Å². The highest BCUT2D eigenvalue weighted by molar-refractivity contribution is 6.99. The Kier molecular flexibility index (Phi) is 5.87. The average Bonchev–Trinajstić information content (AvgIpc) is 2.66. The minimum atomic E-state index is -2.56. The monoisotopic (exact) mass is 381 g/mol. The molecule has 0 saturated carbocycles. The zero-order valence-electron chi connectivity index (χ0n) is 16.9. The summed E-state index contributed by atoms with van der Waals surface area (Å²) in [7, 11) is -2.56. The predicted molar refractivity (Wildman–Crippen MR) is 116 cm³/mol. The first-order valence-electron chi connectivity index (χ1n) is 9.90. The number of benzene rings is 2. The second-order valence-corrected chi connectivity index (χ2v) is 12.9. The Balaban J connectivity index is 2.06. The van der Waals surface area contributed by atoms with Gasteiger partial charge in [0, 0.05) is 19.8 Å². The Morgan fingerprint density at radius 2 is 1.52 bits per heavy atom. The van der Waals surface area contributed by atoms with Gasteiger partial charge in [-0.1, -0.05) is 81.4 Å². The van der Waals surface area contributed by atoms with Crippen molar-refractivity contribution in [1.29, 1.82) is 0 Å². The van der Waals surface area contributed by atoms with Crippen molar-refractivity contribution < 1.29 is 9.16 Å². The largest absolute Gasteiger partial charge is 0.624 e. The van der Waals surface area contributed by atoms with Gasteiger partial charge in [0.15, 0.2) is 11.8 Å². The Bertz CT molecular complexity index is 742. The Morgan fingerprint density at radius 3 is 2.00 bits per heavy atom. The maximum atomic E-state index is 12.6. The van der Waals surface area contributed by atoms with Crippen molar-refractivity contribution in [3.8, 4) is 0 Å². The lowest BCUT2D eigenvalue weighted by molar-refractivity contribution is -0.511. The fourth-order valence-corrected chi connectivity index (χ4v) is 8.86. The number of rotatable bonds is 5. The van der Waals surface area contributed by atoms with Crippen LogP contribution in [0.1, 0.15) is 47.0 Å². The Labute approximate surface area is 164 Å². The third kappa shape index (κ3) is 3.87. The van der Waals surface area contributed by atoms with E-state index in [0.717, 1.165) is 25.0 Å². The summed E-state index contributed by atoms with van der Waals surface area (Å²) >= 11 is 0. The van der Waals surface area contributed by atoms with Crippen molar-refractivity contribution in [1.82, 2.24) is 0 Å². The van der Waals surface area contributed by atoms with E-state index in [1.807, 2.05) is 6.92 Å². The highest BCUT2D eigenvalue weighted by Crippen LogP contribution is 2.37. The maximum absolute atomic E-state index is 12.6. The van der Waals surface area contributed by atoms with Crippen LogP contribution in [0, 0.1) is 5.21 Å². The molecule has 1 aliphatic heterocycles. The van der Waals surface area contributed by atoms with E-state index in [1.165, 1.54) is 15.1 Å². The quantitative estimate of drug-likeness (QED) is 0.444. The Morgan fingerprint density at radius 1 is 1.00 bits per heavy atom. The van der Waals surface area contributed by atoms with Crippen LogP contribution >= 0.6 is 0 Å². The fourth-order valence-electron chi connectivity index (χ4n) is 4.27. The van der Waals surface area contributed by atoms with Crippen LogP contribution in [0.25, 0.3) is 0 Å². The van der Waals surface area contributed by atoms with Gasteiger partial charge in [0.05, 0.1) is 6.61 Å². The zero-order valence-corrected chi connectivity index (χ0v) is 17.9. The van der Waals surface area contributed by atoms with Crippen LogP contribution in [-0.2, 0) is 4.43 Å². The van der Waals surface area contributed by atoms with E-state index in [2.05, 4.69) is 81.4 Å². The van der Waals surface area contributed by atoms with Gasteiger partial charge in [-0.25, -0.2) is 4.74 Å². The summed E-state index contributed by atoms with van der Waals surface area (Å²) in [6.45, 7) is 9.24. The van der Waals surface area contributed by atoms with E-state index in [0.29, 0.717) is 6.61 Å². The second-order valence-electron chi connectivity index (χ2n) is 8.58. The number of hydrogen-bond donors (Lipinski definition) is 0. The first kappa shape index (κ1) is 19.8. The molecule has 0 fully saturated rings. The van der Waals surface area contributed by atoms with Crippen molar-refractivity contribution in [3.05, 3.63) is 65.9 Å². The van der Waals surface area contributed by atoms with Crippen LogP contribution in [0.2, 0.25) is 5.04 Å². The topological polar surface area (TPSA) is 35.3 Å². The van der Waals surface area contributed by atoms with E-state index in [4.69, 9.17) is 4.43 Å². The summed E-state index contributed by atoms with van der Waals surface area (Å²) in [5.74, 6) is 0. The molecular weight excluding hydrogens is 350 g/mol. The SMILES string of the molecule is CC1=[N+]([O-])[C@H](CO[Si](c2ccccc2)(c2ccccc2)C(C)(C)C)CCC1. The molecule has 1 atom stereocenters. The fraction of sp³-hybridized carbons (Fsp3) is 0.435. The summed E-state index contributed by atoms with van der Waals surface area (Å²) < 4.78 is 8.10. The van der Waals surface area contributed by atoms with Gasteiger partial charge < -0.3 is 9.63 Å². The zero-order chi connectivity index (χ0) is 19.5. The second kappa shape index (κ2) is 7.99. The molecule has 0 saturated heterocycles. The van der Waals surface area contributed by atoms with Gasteiger partial charge in [0.1, 0.15) is 0 Å². The minimum absolute atomic E-state index is 0.0587. The van der Waals surface area contributed by atoms with Crippen LogP contribution in [0.5, 0.6) is 0 Å². The normalized spacial score (nSPS) is 18.6. The highest BCUT2D eigenvalue weighted by Gasteiger charge is 2.50. The van der Waals surface area contributed by atoms with Gasteiger partial charge in [-0.05, 0) is 21.8 Å². The molecule has 144 valence electrons. The molecule has 2 aromatic rings. The van der Waals surface area contributed by atoms with Gasteiger partial charge >= 0.3 is 0 Å². The van der Waals surface area contributed by atoms with Crippen LogP contribution < -0.4 is 10.4 Å². The smallest absolute Gasteiger partial charge is 0.261 e. The van der Waals surface area contributed by atoms with Gasteiger partial charge in [-0.2, -0.15) is 0 Å². The lowest BCUT2D eigenvalue weighted by Gasteiger charge is -2.43. The average molecular weight is 382 g/mol. The van der Waals surface area contributed by atoms with Crippen molar-refractivity contribution in [2.24, 2.45) is 0 Å². The molecule has 0 aromatic heterocycles. The lowest BCUT2D eigenvalue weighted by atomic mass is 10.0. The molecule has 0 bridgehead atoms. The minimum Gasteiger partial charge on any atom is -0.624 e. The van der Waals surface area contributed by atoms with Crippen LogP contribution in [0.15, 0.2) is 60.7 Å². The molecule has 3 nitrogen and oxygen atoms in total. The molecule has 0 N–H and O–H groups in total. The molecule has 27 heavy (non-hydrogen) atoms. The molecule has 0 radical (unpaired) electrons. The third-order valence-electron chi connectivity index (χ3n) is 5.69. The standard InChI is InChI=1S/C23H31NO2Si/c1-19-12-11-13-20(24(19)25)18-26-27(23(2,3)4,21-14-7-5-8-15-21)22-16-9-6-10-17-22/h5-10,14-17,20H,11-13,18H2,1-4H3/t20-/m0/s1. The highest BCUT2D eigenvalue weighted by atomic mass is 28.4. The molecule has 3 rings (SSSR count).